The van der Waals surface area contributed by atoms with Gasteiger partial charge in [-0.2, -0.15) is 0 Å². The van der Waals surface area contributed by atoms with Crippen LogP contribution in [0.25, 0.3) is 0 Å². The highest BCUT2D eigenvalue weighted by Gasteiger charge is 2.55. The lowest BCUT2D eigenvalue weighted by molar-refractivity contribution is 0.135. The van der Waals surface area contributed by atoms with Crippen LogP contribution in [0.15, 0.2) is 22.7 Å². The molecule has 0 amide bonds. The van der Waals surface area contributed by atoms with Crippen molar-refractivity contribution in [1.82, 2.24) is 0 Å². The van der Waals surface area contributed by atoms with E-state index in [4.69, 9.17) is 0 Å². The second-order valence-electron chi connectivity index (χ2n) is 5.32. The average molecular weight is 299 g/mol. The molecule has 0 spiro atoms. The van der Waals surface area contributed by atoms with Crippen LogP contribution >= 0.6 is 15.9 Å². The maximum Gasteiger partial charge on any atom is 0.137 e. The van der Waals surface area contributed by atoms with Gasteiger partial charge in [-0.3, -0.25) is 0 Å². The third-order valence-electron chi connectivity index (χ3n) is 4.38. The lowest BCUT2D eigenvalue weighted by atomic mass is 10.00. The second-order valence-corrected chi connectivity index (χ2v) is 6.11. The molecule has 3 atom stereocenters. The third-order valence-corrected chi connectivity index (χ3v) is 5.27. The molecule has 2 saturated carbocycles. The van der Waals surface area contributed by atoms with Crippen LogP contribution in [0.5, 0.6) is 0 Å². The van der Waals surface area contributed by atoms with E-state index in [1.54, 1.807) is 6.07 Å². The molecule has 92 valence electrons. The molecule has 0 bridgehead atoms. The molecular weight excluding hydrogens is 283 g/mol. The van der Waals surface area contributed by atoms with E-state index in [-0.39, 0.29) is 11.9 Å². The van der Waals surface area contributed by atoms with E-state index in [0.717, 1.165) is 17.4 Å². The van der Waals surface area contributed by atoms with Crippen LogP contribution < -0.4 is 0 Å². The molecule has 17 heavy (non-hydrogen) atoms. The standard InChI is InChI=1S/C14H16BrFO/c15-14-8(3-1-6-11(14)16)7-12(17)13-9-4-2-5-10(9)13/h1,3,6,9-10,12-13,17H,2,4-5,7H2. The van der Waals surface area contributed by atoms with Crippen molar-refractivity contribution < 1.29 is 9.50 Å². The number of rotatable bonds is 3. The number of halogens is 2. The van der Waals surface area contributed by atoms with Gasteiger partial charge < -0.3 is 5.11 Å². The van der Waals surface area contributed by atoms with Crippen LogP contribution in [-0.2, 0) is 6.42 Å². The highest BCUT2D eigenvalue weighted by Crippen LogP contribution is 2.59. The van der Waals surface area contributed by atoms with Crippen molar-refractivity contribution in [3.8, 4) is 0 Å². The average Bonchev–Trinajstić information content (AvgIpc) is 2.79. The van der Waals surface area contributed by atoms with Crippen molar-refractivity contribution in [2.24, 2.45) is 17.8 Å². The molecule has 1 aromatic rings. The summed E-state index contributed by atoms with van der Waals surface area (Å²) < 4.78 is 13.9. The van der Waals surface area contributed by atoms with E-state index in [1.165, 1.54) is 25.3 Å². The number of hydrogen-bond donors (Lipinski definition) is 1. The zero-order chi connectivity index (χ0) is 12.0. The van der Waals surface area contributed by atoms with Crippen LogP contribution in [0.2, 0.25) is 0 Å². The lowest BCUT2D eigenvalue weighted by Crippen LogP contribution is -2.16. The first kappa shape index (κ1) is 11.7. The van der Waals surface area contributed by atoms with Gasteiger partial charge >= 0.3 is 0 Å². The van der Waals surface area contributed by atoms with Gasteiger partial charge in [-0.25, -0.2) is 4.39 Å². The van der Waals surface area contributed by atoms with Gasteiger partial charge in [-0.1, -0.05) is 18.6 Å². The fourth-order valence-corrected chi connectivity index (χ4v) is 3.94. The highest BCUT2D eigenvalue weighted by atomic mass is 79.9. The molecular formula is C14H16BrFO. The monoisotopic (exact) mass is 298 g/mol. The Hall–Kier alpha value is -0.410. The van der Waals surface area contributed by atoms with E-state index in [2.05, 4.69) is 15.9 Å². The van der Waals surface area contributed by atoms with Crippen molar-refractivity contribution >= 4 is 15.9 Å². The summed E-state index contributed by atoms with van der Waals surface area (Å²) in [6.07, 6.45) is 4.13. The Bertz CT molecular complexity index is 424. The number of fused-ring (bicyclic) bond motifs is 1. The molecule has 3 rings (SSSR count). The van der Waals surface area contributed by atoms with Gasteiger partial charge in [0.25, 0.3) is 0 Å². The van der Waals surface area contributed by atoms with E-state index < -0.39 is 0 Å². The molecule has 1 N–H and O–H groups in total. The summed E-state index contributed by atoms with van der Waals surface area (Å²) in [6.45, 7) is 0. The molecule has 0 radical (unpaired) electrons. The van der Waals surface area contributed by atoms with Crippen LogP contribution in [0.1, 0.15) is 24.8 Å². The summed E-state index contributed by atoms with van der Waals surface area (Å²) in [6, 6.07) is 5.02. The minimum Gasteiger partial charge on any atom is -0.392 e. The summed E-state index contributed by atoms with van der Waals surface area (Å²) in [5.41, 5.74) is 0.877. The first-order valence-corrected chi connectivity index (χ1v) is 7.08. The van der Waals surface area contributed by atoms with Crippen molar-refractivity contribution in [3.05, 3.63) is 34.1 Å². The SMILES string of the molecule is OC(Cc1cccc(F)c1Br)C1C2CCCC21. The lowest BCUT2D eigenvalue weighted by Gasteiger charge is -2.14. The maximum absolute atomic E-state index is 13.3. The fraction of sp³-hybridized carbons (Fsp3) is 0.571. The molecule has 3 unspecified atom stereocenters. The fourth-order valence-electron chi connectivity index (χ4n) is 3.52. The Morgan fingerprint density at radius 3 is 2.76 bits per heavy atom. The van der Waals surface area contributed by atoms with Crippen molar-refractivity contribution in [2.75, 3.05) is 0 Å². The van der Waals surface area contributed by atoms with Crippen LogP contribution in [0.4, 0.5) is 4.39 Å². The van der Waals surface area contributed by atoms with Crippen molar-refractivity contribution in [3.63, 3.8) is 0 Å². The Kier molecular flexibility index (Phi) is 2.99. The largest absolute Gasteiger partial charge is 0.392 e. The summed E-state index contributed by atoms with van der Waals surface area (Å²) in [5, 5.41) is 10.2. The molecule has 1 aromatic carbocycles. The number of aliphatic hydroxyl groups is 1. The molecule has 3 heteroatoms. The van der Waals surface area contributed by atoms with Crippen molar-refractivity contribution in [1.29, 1.82) is 0 Å². The smallest absolute Gasteiger partial charge is 0.137 e. The Morgan fingerprint density at radius 2 is 2.06 bits per heavy atom. The Balaban J connectivity index is 1.69. The van der Waals surface area contributed by atoms with Crippen molar-refractivity contribution in [2.45, 2.75) is 31.8 Å². The third kappa shape index (κ3) is 2.04. The van der Waals surface area contributed by atoms with E-state index >= 15 is 0 Å². The predicted octanol–water partition coefficient (Wildman–Crippen LogP) is 3.54. The summed E-state index contributed by atoms with van der Waals surface area (Å²) >= 11 is 3.25. The molecule has 0 aliphatic heterocycles. The second kappa shape index (κ2) is 4.36. The summed E-state index contributed by atoms with van der Waals surface area (Å²) in [5.74, 6) is 1.72. The molecule has 2 aliphatic carbocycles. The first-order valence-electron chi connectivity index (χ1n) is 6.29. The predicted molar refractivity (Wildman–Crippen MR) is 68.1 cm³/mol. The van der Waals surface area contributed by atoms with Gasteiger partial charge in [0.1, 0.15) is 5.82 Å². The van der Waals surface area contributed by atoms with Gasteiger partial charge in [0.15, 0.2) is 0 Å². The zero-order valence-corrected chi connectivity index (χ0v) is 11.2. The van der Waals surface area contributed by atoms with Crippen LogP contribution in [-0.4, -0.2) is 11.2 Å². The van der Waals surface area contributed by atoms with Gasteiger partial charge in [0, 0.05) is 0 Å². The topological polar surface area (TPSA) is 20.2 Å². The molecule has 2 fully saturated rings. The number of hydrogen-bond acceptors (Lipinski definition) is 1. The van der Waals surface area contributed by atoms with Gasteiger partial charge in [-0.05, 0) is 64.6 Å². The molecule has 1 nitrogen and oxygen atoms in total. The molecule has 0 aromatic heterocycles. The van der Waals surface area contributed by atoms with Gasteiger partial charge in [0.05, 0.1) is 10.6 Å². The highest BCUT2D eigenvalue weighted by molar-refractivity contribution is 9.10. The molecule has 0 saturated heterocycles. The molecule has 2 aliphatic rings. The minimum atomic E-state index is -0.302. The summed E-state index contributed by atoms with van der Waals surface area (Å²) in [7, 11) is 0. The number of aliphatic hydroxyl groups excluding tert-OH is 1. The maximum atomic E-state index is 13.3. The van der Waals surface area contributed by atoms with E-state index in [0.29, 0.717) is 16.8 Å². The van der Waals surface area contributed by atoms with E-state index in [1.807, 2.05) is 6.07 Å². The Labute approximate surface area is 109 Å². The van der Waals surface area contributed by atoms with Gasteiger partial charge in [0.2, 0.25) is 0 Å². The first-order chi connectivity index (χ1) is 8.18. The number of benzene rings is 1. The summed E-state index contributed by atoms with van der Waals surface area (Å²) in [4.78, 5) is 0. The molecule has 0 heterocycles. The van der Waals surface area contributed by atoms with Gasteiger partial charge in [-0.15, -0.1) is 0 Å². The Morgan fingerprint density at radius 1 is 1.35 bits per heavy atom. The zero-order valence-electron chi connectivity index (χ0n) is 9.57. The van der Waals surface area contributed by atoms with Crippen LogP contribution in [0.3, 0.4) is 0 Å². The van der Waals surface area contributed by atoms with E-state index in [9.17, 15) is 9.50 Å². The minimum absolute atomic E-state index is 0.245. The normalized spacial score (nSPS) is 32.3. The quantitative estimate of drug-likeness (QED) is 0.905. The van der Waals surface area contributed by atoms with Crippen LogP contribution in [0, 0.1) is 23.6 Å².